The minimum Gasteiger partial charge on any atom is -0.383 e. The predicted molar refractivity (Wildman–Crippen MR) is 105 cm³/mol. The lowest BCUT2D eigenvalue weighted by Gasteiger charge is -2.13. The number of halogens is 1. The zero-order chi connectivity index (χ0) is 16.5. The molecule has 0 aromatic heterocycles. The third kappa shape index (κ3) is 8.17. The Bertz CT molecular complexity index is 521. The first-order valence-electron chi connectivity index (χ1n) is 7.30. The number of carbonyl (C=O) groups is 1. The van der Waals surface area contributed by atoms with Crippen LogP contribution >= 0.6 is 24.0 Å². The maximum Gasteiger partial charge on any atom is 0.253 e. The summed E-state index contributed by atoms with van der Waals surface area (Å²) >= 11 is 0. The summed E-state index contributed by atoms with van der Waals surface area (Å²) in [6.45, 7) is 3.12. The van der Waals surface area contributed by atoms with Crippen LogP contribution in [0.1, 0.15) is 22.8 Å². The molecule has 0 fully saturated rings. The van der Waals surface area contributed by atoms with Crippen molar-refractivity contribution in [1.82, 2.24) is 10.2 Å². The lowest BCUT2D eigenvalue weighted by Crippen LogP contribution is -2.40. The largest absolute Gasteiger partial charge is 0.383 e. The highest BCUT2D eigenvalue weighted by Gasteiger charge is 2.08. The molecule has 0 radical (unpaired) electrons. The van der Waals surface area contributed by atoms with Crippen LogP contribution in [0.4, 0.5) is 0 Å². The van der Waals surface area contributed by atoms with Gasteiger partial charge in [0, 0.05) is 39.4 Å². The maximum absolute atomic E-state index is 11.9. The molecular formula is C16H27IN4O2. The zero-order valence-electron chi connectivity index (χ0n) is 14.2. The summed E-state index contributed by atoms with van der Waals surface area (Å²) in [6, 6.07) is 7.71. The molecule has 6 nitrogen and oxygen atoms in total. The van der Waals surface area contributed by atoms with Crippen LogP contribution in [0.3, 0.4) is 0 Å². The predicted octanol–water partition coefficient (Wildman–Crippen LogP) is 1.49. The van der Waals surface area contributed by atoms with Gasteiger partial charge < -0.3 is 20.7 Å². The molecule has 0 spiro atoms. The molecule has 0 saturated heterocycles. The standard InChI is InChI=1S/C16H26N4O2.HI/c1-12(11-22-4)19-16(17)18-9-8-13-6-5-7-14(10-13)15(21)20(2)3;/h5-7,10,12H,8-9,11H2,1-4H3,(H3,17,18,19);1H. The van der Waals surface area contributed by atoms with Crippen molar-refractivity contribution in [3.8, 4) is 0 Å². The van der Waals surface area contributed by atoms with Gasteiger partial charge in [0.05, 0.1) is 6.61 Å². The minimum absolute atomic E-state index is 0. The van der Waals surface area contributed by atoms with E-state index >= 15 is 0 Å². The van der Waals surface area contributed by atoms with Crippen molar-refractivity contribution in [2.45, 2.75) is 19.4 Å². The second kappa shape index (κ2) is 11.2. The number of guanidine groups is 1. The van der Waals surface area contributed by atoms with Crippen LogP contribution < -0.4 is 11.1 Å². The number of hydrogen-bond acceptors (Lipinski definition) is 3. The average molecular weight is 434 g/mol. The van der Waals surface area contributed by atoms with Gasteiger partial charge in [0.25, 0.3) is 5.91 Å². The van der Waals surface area contributed by atoms with Crippen molar-refractivity contribution in [3.05, 3.63) is 35.4 Å². The first-order valence-corrected chi connectivity index (χ1v) is 7.30. The number of hydrogen-bond donors (Lipinski definition) is 2. The van der Waals surface area contributed by atoms with E-state index in [2.05, 4.69) is 10.3 Å². The molecule has 1 atom stereocenters. The summed E-state index contributed by atoms with van der Waals surface area (Å²) in [7, 11) is 5.13. The Labute approximate surface area is 155 Å². The number of nitrogens with two attached hydrogens (primary N) is 1. The molecule has 0 aliphatic rings. The Morgan fingerprint density at radius 1 is 1.43 bits per heavy atom. The quantitative estimate of drug-likeness (QED) is 0.387. The topological polar surface area (TPSA) is 80.0 Å². The molecule has 0 aliphatic heterocycles. The van der Waals surface area contributed by atoms with Crippen LogP contribution in [-0.2, 0) is 11.2 Å². The van der Waals surface area contributed by atoms with E-state index in [0.29, 0.717) is 24.7 Å². The van der Waals surface area contributed by atoms with Crippen LogP contribution in [0.2, 0.25) is 0 Å². The summed E-state index contributed by atoms with van der Waals surface area (Å²) in [4.78, 5) is 17.8. The normalized spacial score (nSPS) is 12.3. The van der Waals surface area contributed by atoms with Gasteiger partial charge in [-0.2, -0.15) is 0 Å². The van der Waals surface area contributed by atoms with Gasteiger partial charge in [-0.05, 0) is 31.0 Å². The van der Waals surface area contributed by atoms with Crippen molar-refractivity contribution in [2.75, 3.05) is 34.4 Å². The fourth-order valence-corrected chi connectivity index (χ4v) is 2.01. The Balaban J connectivity index is 0.00000484. The molecular weight excluding hydrogens is 407 g/mol. The van der Waals surface area contributed by atoms with Crippen LogP contribution in [-0.4, -0.2) is 57.2 Å². The van der Waals surface area contributed by atoms with Crippen LogP contribution in [0.15, 0.2) is 29.3 Å². The smallest absolute Gasteiger partial charge is 0.253 e. The number of rotatable bonds is 7. The van der Waals surface area contributed by atoms with Crippen molar-refractivity contribution in [2.24, 2.45) is 10.7 Å². The van der Waals surface area contributed by atoms with E-state index in [1.165, 1.54) is 0 Å². The third-order valence-electron chi connectivity index (χ3n) is 3.07. The van der Waals surface area contributed by atoms with Gasteiger partial charge in [0.2, 0.25) is 0 Å². The van der Waals surface area contributed by atoms with E-state index < -0.39 is 0 Å². The summed E-state index contributed by atoms with van der Waals surface area (Å²) in [5.41, 5.74) is 7.56. The number of carbonyl (C=O) groups excluding carboxylic acids is 1. The number of benzene rings is 1. The number of methoxy groups -OCH3 is 1. The highest BCUT2D eigenvalue weighted by atomic mass is 127. The molecule has 130 valence electrons. The number of nitrogens with zero attached hydrogens (tertiary/aromatic N) is 2. The highest BCUT2D eigenvalue weighted by Crippen LogP contribution is 2.08. The number of ether oxygens (including phenoxy) is 1. The van der Waals surface area contributed by atoms with Gasteiger partial charge in [-0.1, -0.05) is 12.1 Å². The minimum atomic E-state index is -0.0000720. The van der Waals surface area contributed by atoms with Crippen LogP contribution in [0, 0.1) is 0 Å². The Kier molecular flexibility index (Phi) is 10.6. The second-order valence-corrected chi connectivity index (χ2v) is 5.42. The molecule has 0 saturated carbocycles. The summed E-state index contributed by atoms with van der Waals surface area (Å²) < 4.78 is 5.02. The SMILES string of the molecule is COCC(C)NC(N)=NCCc1cccc(C(=O)N(C)C)c1.I. The molecule has 0 bridgehead atoms. The molecule has 23 heavy (non-hydrogen) atoms. The van der Waals surface area contributed by atoms with Gasteiger partial charge in [-0.25, -0.2) is 0 Å². The second-order valence-electron chi connectivity index (χ2n) is 5.42. The third-order valence-corrected chi connectivity index (χ3v) is 3.07. The van der Waals surface area contributed by atoms with Gasteiger partial charge in [0.1, 0.15) is 0 Å². The Morgan fingerprint density at radius 2 is 2.13 bits per heavy atom. The van der Waals surface area contributed by atoms with Crippen molar-refractivity contribution in [3.63, 3.8) is 0 Å². The maximum atomic E-state index is 11.9. The molecule has 0 aliphatic carbocycles. The summed E-state index contributed by atoms with van der Waals surface area (Å²) in [5, 5.41) is 3.05. The average Bonchev–Trinajstić information content (AvgIpc) is 2.46. The summed E-state index contributed by atoms with van der Waals surface area (Å²) in [5.74, 6) is 0.407. The fraction of sp³-hybridized carbons (Fsp3) is 0.500. The summed E-state index contributed by atoms with van der Waals surface area (Å²) in [6.07, 6.45) is 0.732. The van der Waals surface area contributed by atoms with E-state index in [1.807, 2.05) is 31.2 Å². The monoisotopic (exact) mass is 434 g/mol. The van der Waals surface area contributed by atoms with E-state index in [0.717, 1.165) is 12.0 Å². The number of nitrogens with one attached hydrogen (secondary N) is 1. The molecule has 3 N–H and O–H groups in total. The fourth-order valence-electron chi connectivity index (χ4n) is 2.01. The molecule has 1 amide bonds. The Hall–Kier alpha value is -1.35. The molecule has 7 heteroatoms. The lowest BCUT2D eigenvalue weighted by atomic mass is 10.1. The van der Waals surface area contributed by atoms with Gasteiger partial charge in [-0.15, -0.1) is 24.0 Å². The van der Waals surface area contributed by atoms with Gasteiger partial charge in [-0.3, -0.25) is 9.79 Å². The Morgan fingerprint density at radius 3 is 2.74 bits per heavy atom. The van der Waals surface area contributed by atoms with E-state index in [-0.39, 0.29) is 35.9 Å². The zero-order valence-corrected chi connectivity index (χ0v) is 16.5. The van der Waals surface area contributed by atoms with Crippen LogP contribution in [0.25, 0.3) is 0 Å². The molecule has 1 unspecified atom stereocenters. The van der Waals surface area contributed by atoms with Crippen LogP contribution in [0.5, 0.6) is 0 Å². The van der Waals surface area contributed by atoms with E-state index in [4.69, 9.17) is 10.5 Å². The van der Waals surface area contributed by atoms with Crippen molar-refractivity contribution >= 4 is 35.8 Å². The lowest BCUT2D eigenvalue weighted by molar-refractivity contribution is 0.0827. The number of amides is 1. The van der Waals surface area contributed by atoms with Crippen molar-refractivity contribution in [1.29, 1.82) is 0 Å². The first kappa shape index (κ1) is 21.6. The van der Waals surface area contributed by atoms with Gasteiger partial charge >= 0.3 is 0 Å². The van der Waals surface area contributed by atoms with E-state index in [1.54, 1.807) is 26.1 Å². The first-order chi connectivity index (χ1) is 10.4. The molecule has 1 aromatic carbocycles. The van der Waals surface area contributed by atoms with Gasteiger partial charge in [0.15, 0.2) is 5.96 Å². The number of aliphatic imine (C=N–C) groups is 1. The molecule has 1 aromatic rings. The van der Waals surface area contributed by atoms with Crippen molar-refractivity contribution < 1.29 is 9.53 Å². The van der Waals surface area contributed by atoms with E-state index in [9.17, 15) is 4.79 Å². The molecule has 0 heterocycles. The highest BCUT2D eigenvalue weighted by molar-refractivity contribution is 14.0. The molecule has 1 rings (SSSR count).